The highest BCUT2D eigenvalue weighted by Gasteiger charge is 2.24. The van der Waals surface area contributed by atoms with Crippen molar-refractivity contribution in [2.75, 3.05) is 17.8 Å². The van der Waals surface area contributed by atoms with Gasteiger partial charge < -0.3 is 4.90 Å². The fourth-order valence-corrected chi connectivity index (χ4v) is 5.23. The molecule has 0 bridgehead atoms. The summed E-state index contributed by atoms with van der Waals surface area (Å²) in [5.41, 5.74) is 1.76. The third-order valence-electron chi connectivity index (χ3n) is 5.99. The first-order valence-corrected chi connectivity index (χ1v) is 12.5. The first kappa shape index (κ1) is 23.4. The number of nitrogens with zero attached hydrogens (tertiary/aromatic N) is 2. The van der Waals surface area contributed by atoms with Gasteiger partial charge in [0, 0.05) is 36.5 Å². The lowest BCUT2D eigenvalue weighted by atomic mass is 9.90. The van der Waals surface area contributed by atoms with Gasteiger partial charge in [-0.3, -0.25) is 19.6 Å². The summed E-state index contributed by atoms with van der Waals surface area (Å²) in [5, 5.41) is 10.9. The van der Waals surface area contributed by atoms with E-state index in [1.807, 2.05) is 23.1 Å². The Morgan fingerprint density at radius 1 is 0.971 bits per heavy atom. The molecule has 1 amide bonds. The van der Waals surface area contributed by atoms with Crippen LogP contribution in [-0.2, 0) is 16.4 Å². The third-order valence-corrected chi connectivity index (χ3v) is 7.37. The molecule has 34 heavy (non-hydrogen) atoms. The van der Waals surface area contributed by atoms with Crippen LogP contribution in [0.2, 0.25) is 0 Å². The summed E-state index contributed by atoms with van der Waals surface area (Å²) < 4.78 is 27.6. The standard InChI is InChI=1S/C25H25N3O5S/c29-25(27-15-13-20(14-16-27)17-19-5-2-1-3-6-19)21-9-11-22(12-10-21)26-34(32,33)24-8-4-7-23(18-24)28(30)31/h1-12,18,20,26H,13-17H2. The lowest BCUT2D eigenvalue weighted by Gasteiger charge is -2.32. The first-order chi connectivity index (χ1) is 16.3. The number of rotatable bonds is 7. The van der Waals surface area contributed by atoms with Crippen LogP contribution in [0.1, 0.15) is 28.8 Å². The molecule has 0 radical (unpaired) electrons. The van der Waals surface area contributed by atoms with Crippen molar-refractivity contribution in [2.24, 2.45) is 5.92 Å². The molecule has 3 aromatic rings. The molecule has 9 heteroatoms. The minimum atomic E-state index is -4.00. The first-order valence-electron chi connectivity index (χ1n) is 11.0. The second kappa shape index (κ2) is 10.0. The topological polar surface area (TPSA) is 110 Å². The van der Waals surface area contributed by atoms with Crippen molar-refractivity contribution in [1.82, 2.24) is 4.90 Å². The summed E-state index contributed by atoms with van der Waals surface area (Å²) in [6, 6.07) is 21.4. The predicted octanol–water partition coefficient (Wildman–Crippen LogP) is 4.49. The number of nitro benzene ring substituents is 1. The highest BCUT2D eigenvalue weighted by molar-refractivity contribution is 7.92. The molecule has 3 aromatic carbocycles. The van der Waals surface area contributed by atoms with Crippen molar-refractivity contribution >= 4 is 27.3 Å². The van der Waals surface area contributed by atoms with Gasteiger partial charge in [-0.1, -0.05) is 36.4 Å². The van der Waals surface area contributed by atoms with Gasteiger partial charge in [-0.15, -0.1) is 0 Å². The Balaban J connectivity index is 1.35. The Kier molecular flexibility index (Phi) is 6.93. The molecule has 1 saturated heterocycles. The molecule has 0 spiro atoms. The zero-order valence-corrected chi connectivity index (χ0v) is 19.3. The minimum Gasteiger partial charge on any atom is -0.339 e. The Bertz CT molecular complexity index is 1270. The van der Waals surface area contributed by atoms with Crippen LogP contribution in [0.3, 0.4) is 0 Å². The van der Waals surface area contributed by atoms with Gasteiger partial charge >= 0.3 is 0 Å². The van der Waals surface area contributed by atoms with Crippen molar-refractivity contribution in [3.8, 4) is 0 Å². The molecule has 1 aliphatic heterocycles. The van der Waals surface area contributed by atoms with E-state index in [1.54, 1.807) is 12.1 Å². The molecule has 0 saturated carbocycles. The number of sulfonamides is 1. The number of likely N-dealkylation sites (tertiary alicyclic amines) is 1. The molecule has 0 unspecified atom stereocenters. The van der Waals surface area contributed by atoms with E-state index >= 15 is 0 Å². The van der Waals surface area contributed by atoms with Crippen LogP contribution in [-0.4, -0.2) is 37.2 Å². The summed E-state index contributed by atoms with van der Waals surface area (Å²) in [7, 11) is -4.00. The van der Waals surface area contributed by atoms with Crippen LogP contribution in [0, 0.1) is 16.0 Å². The summed E-state index contributed by atoms with van der Waals surface area (Å²) in [4.78, 5) is 24.8. The Morgan fingerprint density at radius 3 is 2.29 bits per heavy atom. The molecule has 4 rings (SSSR count). The van der Waals surface area contributed by atoms with Gasteiger partial charge in [0.05, 0.1) is 9.82 Å². The SMILES string of the molecule is O=C(c1ccc(NS(=O)(=O)c2cccc([N+](=O)[O-])c2)cc1)N1CCC(Cc2ccccc2)CC1. The number of amides is 1. The zero-order valence-electron chi connectivity index (χ0n) is 18.5. The van der Waals surface area contributed by atoms with Gasteiger partial charge in [-0.25, -0.2) is 8.42 Å². The fraction of sp³-hybridized carbons (Fsp3) is 0.240. The van der Waals surface area contributed by atoms with E-state index in [1.165, 1.54) is 35.9 Å². The van der Waals surface area contributed by atoms with E-state index in [4.69, 9.17) is 0 Å². The number of nitrogens with one attached hydrogen (secondary N) is 1. The molecule has 1 fully saturated rings. The van der Waals surface area contributed by atoms with Gasteiger partial charge in [-0.05, 0) is 61.1 Å². The van der Waals surface area contributed by atoms with Gasteiger partial charge in [0.2, 0.25) is 0 Å². The average molecular weight is 480 g/mol. The van der Waals surface area contributed by atoms with Gasteiger partial charge in [0.25, 0.3) is 21.6 Å². The summed E-state index contributed by atoms with van der Waals surface area (Å²) in [6.07, 6.45) is 2.91. The normalized spacial score (nSPS) is 14.5. The fourth-order valence-electron chi connectivity index (χ4n) is 4.13. The number of hydrogen-bond donors (Lipinski definition) is 1. The van der Waals surface area contributed by atoms with E-state index in [2.05, 4.69) is 16.9 Å². The van der Waals surface area contributed by atoms with E-state index in [-0.39, 0.29) is 22.2 Å². The monoisotopic (exact) mass is 479 g/mol. The van der Waals surface area contributed by atoms with Gasteiger partial charge in [-0.2, -0.15) is 0 Å². The summed E-state index contributed by atoms with van der Waals surface area (Å²) in [6.45, 7) is 1.38. The molecular weight excluding hydrogens is 454 g/mol. The molecule has 1 heterocycles. The van der Waals surface area contributed by atoms with Crippen molar-refractivity contribution in [1.29, 1.82) is 0 Å². The average Bonchev–Trinajstić information content (AvgIpc) is 2.85. The number of nitro groups is 1. The highest BCUT2D eigenvalue weighted by Crippen LogP contribution is 2.24. The molecule has 8 nitrogen and oxygen atoms in total. The number of anilines is 1. The second-order valence-electron chi connectivity index (χ2n) is 8.36. The van der Waals surface area contributed by atoms with Crippen LogP contribution < -0.4 is 4.72 Å². The van der Waals surface area contributed by atoms with Gasteiger partial charge in [0.1, 0.15) is 0 Å². The zero-order chi connectivity index (χ0) is 24.1. The van der Waals surface area contributed by atoms with Crippen LogP contribution in [0.4, 0.5) is 11.4 Å². The van der Waals surface area contributed by atoms with Crippen molar-refractivity contribution < 1.29 is 18.1 Å². The van der Waals surface area contributed by atoms with E-state index in [0.717, 1.165) is 25.3 Å². The Labute approximate surface area is 198 Å². The Hall–Kier alpha value is -3.72. The Morgan fingerprint density at radius 2 is 1.65 bits per heavy atom. The maximum absolute atomic E-state index is 12.9. The molecule has 1 N–H and O–H groups in total. The van der Waals surface area contributed by atoms with Crippen LogP contribution in [0.25, 0.3) is 0 Å². The smallest absolute Gasteiger partial charge is 0.270 e. The van der Waals surface area contributed by atoms with Gasteiger partial charge in [0.15, 0.2) is 0 Å². The minimum absolute atomic E-state index is 0.0775. The van der Waals surface area contributed by atoms with Crippen molar-refractivity contribution in [3.63, 3.8) is 0 Å². The second-order valence-corrected chi connectivity index (χ2v) is 10.0. The number of carbonyl (C=O) groups excluding carboxylic acids is 1. The lowest BCUT2D eigenvalue weighted by Crippen LogP contribution is -2.38. The maximum atomic E-state index is 12.9. The molecule has 1 aliphatic rings. The van der Waals surface area contributed by atoms with E-state index in [0.29, 0.717) is 24.6 Å². The number of benzene rings is 3. The number of piperidine rings is 1. The van der Waals surface area contributed by atoms with E-state index in [9.17, 15) is 23.3 Å². The molecule has 0 aromatic heterocycles. The molecular formula is C25H25N3O5S. The van der Waals surface area contributed by atoms with Crippen molar-refractivity contribution in [2.45, 2.75) is 24.2 Å². The summed E-state index contributed by atoms with van der Waals surface area (Å²) in [5.74, 6) is 0.475. The predicted molar refractivity (Wildman–Crippen MR) is 129 cm³/mol. The lowest BCUT2D eigenvalue weighted by molar-refractivity contribution is -0.385. The number of hydrogen-bond acceptors (Lipinski definition) is 5. The molecule has 176 valence electrons. The largest absolute Gasteiger partial charge is 0.339 e. The highest BCUT2D eigenvalue weighted by atomic mass is 32.2. The van der Waals surface area contributed by atoms with Crippen LogP contribution >= 0.6 is 0 Å². The third kappa shape index (κ3) is 5.60. The maximum Gasteiger partial charge on any atom is 0.270 e. The molecule has 0 aliphatic carbocycles. The van der Waals surface area contributed by atoms with Crippen molar-refractivity contribution in [3.05, 3.63) is 100 Å². The van der Waals surface area contributed by atoms with Crippen LogP contribution in [0.5, 0.6) is 0 Å². The quantitative estimate of drug-likeness (QED) is 0.397. The van der Waals surface area contributed by atoms with E-state index < -0.39 is 14.9 Å². The van der Waals surface area contributed by atoms with Crippen LogP contribution in [0.15, 0.2) is 83.8 Å². The number of carbonyl (C=O) groups is 1. The molecule has 0 atom stereocenters. The summed E-state index contributed by atoms with van der Waals surface area (Å²) >= 11 is 0. The number of non-ortho nitro benzene ring substituents is 1.